The van der Waals surface area contributed by atoms with Crippen LogP contribution in [0.3, 0.4) is 0 Å². The van der Waals surface area contributed by atoms with Crippen molar-refractivity contribution in [2.24, 2.45) is 0 Å². The summed E-state index contributed by atoms with van der Waals surface area (Å²) in [5.74, 6) is 0.871. The van der Waals surface area contributed by atoms with Crippen molar-refractivity contribution in [1.29, 1.82) is 0 Å². The molecule has 160 valence electrons. The smallest absolute Gasteiger partial charge is 0.271 e. The molecular weight excluding hydrogens is 466 g/mol. The summed E-state index contributed by atoms with van der Waals surface area (Å²) in [5, 5.41) is 0. The standard InChI is InChI=1S/C22H20BrN3O5/c1-3-30-18-9-7-14(11-19(18)29-2)21(27)25-26-22(28)15-8-10-20(24-13-15)31-17-6-4-5-16(23)12-17/h4-13H,3H2,1-2H3,(H,25,27)(H,26,28). The highest BCUT2D eigenvalue weighted by Gasteiger charge is 2.13. The number of nitrogens with one attached hydrogen (secondary N) is 2. The number of hydrogen-bond donors (Lipinski definition) is 2. The number of carbonyl (C=O) groups is 2. The number of rotatable bonds is 7. The Kier molecular flexibility index (Phi) is 7.45. The summed E-state index contributed by atoms with van der Waals surface area (Å²) >= 11 is 3.37. The average molecular weight is 486 g/mol. The van der Waals surface area contributed by atoms with E-state index >= 15 is 0 Å². The van der Waals surface area contributed by atoms with Gasteiger partial charge in [-0.3, -0.25) is 20.4 Å². The lowest BCUT2D eigenvalue weighted by atomic mass is 10.2. The van der Waals surface area contributed by atoms with Crippen molar-refractivity contribution in [1.82, 2.24) is 15.8 Å². The van der Waals surface area contributed by atoms with Gasteiger partial charge in [0, 0.05) is 22.3 Å². The van der Waals surface area contributed by atoms with Crippen LogP contribution in [0.25, 0.3) is 0 Å². The summed E-state index contributed by atoms with van der Waals surface area (Å²) in [6.07, 6.45) is 1.36. The molecule has 0 aliphatic rings. The Morgan fingerprint density at radius 2 is 1.71 bits per heavy atom. The number of methoxy groups -OCH3 is 1. The maximum atomic E-state index is 12.3. The molecule has 0 aliphatic heterocycles. The number of benzene rings is 2. The number of halogens is 1. The monoisotopic (exact) mass is 485 g/mol. The van der Waals surface area contributed by atoms with Gasteiger partial charge in [-0.25, -0.2) is 4.98 Å². The molecule has 0 fully saturated rings. The van der Waals surface area contributed by atoms with Crippen molar-refractivity contribution in [2.75, 3.05) is 13.7 Å². The largest absolute Gasteiger partial charge is 0.493 e. The second kappa shape index (κ2) is 10.4. The van der Waals surface area contributed by atoms with Crippen LogP contribution in [0.15, 0.2) is 65.3 Å². The van der Waals surface area contributed by atoms with Crippen molar-refractivity contribution >= 4 is 27.7 Å². The summed E-state index contributed by atoms with van der Waals surface area (Å²) in [6.45, 7) is 2.32. The van der Waals surface area contributed by atoms with E-state index in [1.807, 2.05) is 19.1 Å². The second-order valence-corrected chi connectivity index (χ2v) is 7.07. The number of hydrogen-bond acceptors (Lipinski definition) is 6. The van der Waals surface area contributed by atoms with Crippen LogP contribution in [0.2, 0.25) is 0 Å². The molecule has 3 aromatic rings. The molecule has 1 heterocycles. The molecule has 3 rings (SSSR count). The van der Waals surface area contributed by atoms with E-state index < -0.39 is 11.8 Å². The molecule has 0 unspecified atom stereocenters. The van der Waals surface area contributed by atoms with Gasteiger partial charge in [0.05, 0.1) is 19.3 Å². The van der Waals surface area contributed by atoms with Crippen molar-refractivity contribution in [3.05, 3.63) is 76.4 Å². The van der Waals surface area contributed by atoms with Crippen molar-refractivity contribution in [3.63, 3.8) is 0 Å². The van der Waals surface area contributed by atoms with Crippen LogP contribution in [-0.2, 0) is 0 Å². The van der Waals surface area contributed by atoms with Crippen LogP contribution < -0.4 is 25.1 Å². The molecule has 0 saturated carbocycles. The fourth-order valence-corrected chi connectivity index (χ4v) is 2.95. The lowest BCUT2D eigenvalue weighted by molar-refractivity contribution is 0.0846. The van der Waals surface area contributed by atoms with Gasteiger partial charge in [-0.15, -0.1) is 0 Å². The van der Waals surface area contributed by atoms with Crippen LogP contribution in [0.5, 0.6) is 23.1 Å². The number of pyridine rings is 1. The third-order valence-electron chi connectivity index (χ3n) is 4.03. The SMILES string of the molecule is CCOc1ccc(C(=O)NNC(=O)c2ccc(Oc3cccc(Br)c3)nc2)cc1OC. The zero-order chi connectivity index (χ0) is 22.2. The molecule has 2 amide bonds. The van der Waals surface area contributed by atoms with Gasteiger partial charge < -0.3 is 14.2 Å². The topological polar surface area (TPSA) is 98.8 Å². The minimum atomic E-state index is -0.521. The van der Waals surface area contributed by atoms with Gasteiger partial charge in [-0.2, -0.15) is 0 Å². The maximum absolute atomic E-state index is 12.3. The molecule has 31 heavy (non-hydrogen) atoms. The molecule has 0 saturated heterocycles. The number of ether oxygens (including phenoxy) is 3. The van der Waals surface area contributed by atoms with E-state index in [2.05, 4.69) is 31.8 Å². The van der Waals surface area contributed by atoms with Crippen LogP contribution in [0.4, 0.5) is 0 Å². The number of amides is 2. The highest BCUT2D eigenvalue weighted by molar-refractivity contribution is 9.10. The first-order valence-electron chi connectivity index (χ1n) is 9.31. The Morgan fingerprint density at radius 1 is 0.968 bits per heavy atom. The van der Waals surface area contributed by atoms with Gasteiger partial charge in [0.25, 0.3) is 11.8 Å². The summed E-state index contributed by atoms with van der Waals surface area (Å²) in [4.78, 5) is 28.8. The Bertz CT molecular complexity index is 1070. The predicted octanol–water partition coefficient (Wildman–Crippen LogP) is 4.12. The summed E-state index contributed by atoms with van der Waals surface area (Å²) in [5.41, 5.74) is 5.27. The Hall–Kier alpha value is -3.59. The summed E-state index contributed by atoms with van der Waals surface area (Å²) in [7, 11) is 1.48. The van der Waals surface area contributed by atoms with E-state index in [0.29, 0.717) is 35.3 Å². The van der Waals surface area contributed by atoms with Crippen LogP contribution in [0.1, 0.15) is 27.6 Å². The minimum absolute atomic E-state index is 0.256. The zero-order valence-electron chi connectivity index (χ0n) is 16.8. The second-order valence-electron chi connectivity index (χ2n) is 6.15. The van der Waals surface area contributed by atoms with Crippen molar-refractivity contribution in [2.45, 2.75) is 6.92 Å². The zero-order valence-corrected chi connectivity index (χ0v) is 18.4. The maximum Gasteiger partial charge on any atom is 0.271 e. The number of aromatic nitrogens is 1. The van der Waals surface area contributed by atoms with E-state index in [0.717, 1.165) is 4.47 Å². The summed E-state index contributed by atoms with van der Waals surface area (Å²) < 4.78 is 17.2. The fraction of sp³-hybridized carbons (Fsp3) is 0.136. The molecular formula is C22H20BrN3O5. The van der Waals surface area contributed by atoms with E-state index in [4.69, 9.17) is 14.2 Å². The Morgan fingerprint density at radius 3 is 2.35 bits per heavy atom. The van der Waals surface area contributed by atoms with Gasteiger partial charge in [-0.1, -0.05) is 22.0 Å². The van der Waals surface area contributed by atoms with Crippen LogP contribution >= 0.6 is 15.9 Å². The molecule has 9 heteroatoms. The lowest BCUT2D eigenvalue weighted by Crippen LogP contribution is -2.41. The average Bonchev–Trinajstić information content (AvgIpc) is 2.78. The van der Waals surface area contributed by atoms with Gasteiger partial charge in [0.2, 0.25) is 5.88 Å². The molecule has 0 spiro atoms. The quantitative estimate of drug-likeness (QED) is 0.488. The highest BCUT2D eigenvalue weighted by atomic mass is 79.9. The first-order chi connectivity index (χ1) is 15.0. The number of hydrazine groups is 1. The Labute approximate surface area is 187 Å². The lowest BCUT2D eigenvalue weighted by Gasteiger charge is -2.12. The molecule has 0 bridgehead atoms. The molecule has 1 aromatic heterocycles. The number of nitrogens with zero attached hydrogens (tertiary/aromatic N) is 1. The first-order valence-corrected chi connectivity index (χ1v) is 10.1. The molecule has 2 N–H and O–H groups in total. The molecule has 0 aliphatic carbocycles. The van der Waals surface area contributed by atoms with Crippen LogP contribution in [-0.4, -0.2) is 30.5 Å². The number of carbonyl (C=O) groups excluding carboxylic acids is 2. The fourth-order valence-electron chi connectivity index (χ4n) is 2.57. The van der Waals surface area contributed by atoms with Crippen molar-refractivity contribution in [3.8, 4) is 23.1 Å². The Balaban J connectivity index is 1.58. The molecule has 0 atom stereocenters. The summed E-state index contributed by atoms with van der Waals surface area (Å²) in [6, 6.07) is 15.2. The van der Waals surface area contributed by atoms with Gasteiger partial charge in [0.1, 0.15) is 5.75 Å². The van der Waals surface area contributed by atoms with E-state index in [1.54, 1.807) is 36.4 Å². The van der Waals surface area contributed by atoms with Crippen LogP contribution in [0, 0.1) is 0 Å². The normalized spacial score (nSPS) is 10.2. The minimum Gasteiger partial charge on any atom is -0.493 e. The van der Waals surface area contributed by atoms with E-state index in [1.165, 1.54) is 19.4 Å². The van der Waals surface area contributed by atoms with Gasteiger partial charge in [0.15, 0.2) is 11.5 Å². The third kappa shape index (κ3) is 5.95. The predicted molar refractivity (Wildman–Crippen MR) is 118 cm³/mol. The van der Waals surface area contributed by atoms with E-state index in [-0.39, 0.29) is 5.56 Å². The first kappa shape index (κ1) is 22.1. The van der Waals surface area contributed by atoms with Gasteiger partial charge in [-0.05, 0) is 49.4 Å². The third-order valence-corrected chi connectivity index (χ3v) is 4.53. The van der Waals surface area contributed by atoms with Crippen molar-refractivity contribution < 1.29 is 23.8 Å². The van der Waals surface area contributed by atoms with E-state index in [9.17, 15) is 9.59 Å². The molecule has 8 nitrogen and oxygen atoms in total. The molecule has 0 radical (unpaired) electrons. The van der Waals surface area contributed by atoms with Gasteiger partial charge >= 0.3 is 0 Å². The molecule has 2 aromatic carbocycles. The highest BCUT2D eigenvalue weighted by Crippen LogP contribution is 2.28.